The van der Waals surface area contributed by atoms with Crippen LogP contribution in [-0.2, 0) is 19.5 Å². The van der Waals surface area contributed by atoms with Crippen molar-refractivity contribution in [3.05, 3.63) is 0 Å². The van der Waals surface area contributed by atoms with E-state index in [0.29, 0.717) is 0 Å². The van der Waals surface area contributed by atoms with Gasteiger partial charge >= 0.3 is 7.32 Å². The van der Waals surface area contributed by atoms with Gasteiger partial charge in [-0.25, -0.2) is 0 Å². The fourth-order valence-corrected chi connectivity index (χ4v) is 0. The molecule has 0 saturated carbocycles. The van der Waals surface area contributed by atoms with Crippen molar-refractivity contribution in [2.45, 2.75) is 0 Å². The quantitative estimate of drug-likeness (QED) is 0.329. The summed E-state index contributed by atoms with van der Waals surface area (Å²) in [6.45, 7) is 0. The summed E-state index contributed by atoms with van der Waals surface area (Å²) in [5.74, 6) is 0. The van der Waals surface area contributed by atoms with Gasteiger partial charge in [-0.3, -0.25) is 0 Å². The van der Waals surface area contributed by atoms with Gasteiger partial charge in [0.1, 0.15) is 0 Å². The average molecular weight is 199 g/mol. The first-order valence-electron chi connectivity index (χ1n) is 0.775. The molecule has 0 radical (unpaired) electrons. The van der Waals surface area contributed by atoms with Gasteiger partial charge in [-0.1, -0.05) is 0 Å². The summed E-state index contributed by atoms with van der Waals surface area (Å²) < 4.78 is 0. The summed E-state index contributed by atoms with van der Waals surface area (Å²) in [6, 6.07) is 0. The van der Waals surface area contributed by atoms with E-state index in [1.165, 1.54) is 0 Å². The van der Waals surface area contributed by atoms with Crippen LogP contribution in [0.4, 0.5) is 0 Å². The van der Waals surface area contributed by atoms with E-state index in [-0.39, 0.29) is 41.4 Å². The van der Waals surface area contributed by atoms with Crippen LogP contribution >= 0.6 is 0 Å². The number of hydrogen-bond donors (Lipinski definition) is 3. The largest absolute Gasteiger partial charge is 0.631 e. The third kappa shape index (κ3) is 2070. The molecule has 0 aliphatic carbocycles. The van der Waals surface area contributed by atoms with Crippen molar-refractivity contribution >= 4 is 7.32 Å². The molecule has 0 unspecified atom stereocenters. The third-order valence-electron chi connectivity index (χ3n) is 0. The Morgan fingerprint density at radius 3 is 0.667 bits per heavy atom. The number of hydrogen-bond acceptors (Lipinski definition) is 3. The van der Waals surface area contributed by atoms with Gasteiger partial charge in [-0.15, -0.1) is 0 Å². The molecule has 0 spiro atoms. The molecule has 9 heavy (non-hydrogen) atoms. The average Bonchev–Trinajstić information content (AvgIpc) is 0.811. The Labute approximate surface area is 64.5 Å². The second-order valence-corrected chi connectivity index (χ2v) is 0.346. The summed E-state index contributed by atoms with van der Waals surface area (Å²) in [7, 11) is -2.17. The van der Waals surface area contributed by atoms with Crippen LogP contribution in [0, 0.1) is 0 Å². The Bertz CT molecular complexity index is 13.6. The maximum absolute atomic E-state index is 7.17. The molecular formula is H11BO7Zn. The Morgan fingerprint density at radius 2 is 0.667 bits per heavy atom. The minimum atomic E-state index is -2.17. The van der Waals surface area contributed by atoms with Gasteiger partial charge < -0.3 is 37.0 Å². The first-order valence-corrected chi connectivity index (χ1v) is 0.775. The van der Waals surface area contributed by atoms with Crippen molar-refractivity contribution in [3.8, 4) is 0 Å². The summed E-state index contributed by atoms with van der Waals surface area (Å²) in [5, 5.41) is 21.5. The number of rotatable bonds is 0. The Balaban J connectivity index is -0.00000000450. The molecule has 0 heterocycles. The minimum Gasteiger partial charge on any atom is -0.412 e. The molecule has 0 saturated heterocycles. The van der Waals surface area contributed by atoms with Crippen molar-refractivity contribution in [2.75, 3.05) is 0 Å². The Kier molecular flexibility index (Phi) is 253. The maximum Gasteiger partial charge on any atom is 0.631 e. The van der Waals surface area contributed by atoms with Gasteiger partial charge in [0, 0.05) is 19.5 Å². The molecule has 58 valence electrons. The predicted octanol–water partition coefficient (Wildman–Crippen LogP) is -5.35. The zero-order valence-corrected chi connectivity index (χ0v) is 7.59. The zero-order chi connectivity index (χ0) is 3.58. The van der Waals surface area contributed by atoms with E-state index in [4.69, 9.17) is 15.1 Å². The Morgan fingerprint density at radius 1 is 0.667 bits per heavy atom. The van der Waals surface area contributed by atoms with E-state index in [2.05, 4.69) is 0 Å². The van der Waals surface area contributed by atoms with E-state index in [0.717, 1.165) is 0 Å². The van der Waals surface area contributed by atoms with Crippen LogP contribution in [0.5, 0.6) is 0 Å². The van der Waals surface area contributed by atoms with Gasteiger partial charge in [0.25, 0.3) is 0 Å². The van der Waals surface area contributed by atoms with Gasteiger partial charge in [0.15, 0.2) is 0 Å². The fourth-order valence-electron chi connectivity index (χ4n) is 0. The van der Waals surface area contributed by atoms with Crippen LogP contribution in [0.1, 0.15) is 0 Å². The molecule has 11 N–H and O–H groups in total. The SMILES string of the molecule is O.O.O.O.OB(O)O.[Zn]. The molecule has 0 amide bonds. The fraction of sp³-hybridized carbons (Fsp3) is 0. The van der Waals surface area contributed by atoms with Crippen molar-refractivity contribution in [1.82, 2.24) is 0 Å². The summed E-state index contributed by atoms with van der Waals surface area (Å²) in [5.41, 5.74) is 0. The summed E-state index contributed by atoms with van der Waals surface area (Å²) in [4.78, 5) is 0. The molecule has 0 atom stereocenters. The molecule has 0 fully saturated rings. The second-order valence-electron chi connectivity index (χ2n) is 0.346. The normalized spacial score (nSPS) is 3.00. The van der Waals surface area contributed by atoms with Gasteiger partial charge in [0.05, 0.1) is 0 Å². The first kappa shape index (κ1) is 57.3. The van der Waals surface area contributed by atoms with E-state index in [1.807, 2.05) is 0 Å². The van der Waals surface area contributed by atoms with Crippen molar-refractivity contribution in [2.24, 2.45) is 0 Å². The first-order chi connectivity index (χ1) is 1.73. The van der Waals surface area contributed by atoms with Crippen LogP contribution in [0.3, 0.4) is 0 Å². The molecular weight excluding hydrogens is 188 g/mol. The molecule has 0 aromatic heterocycles. The topological polar surface area (TPSA) is 187 Å². The molecule has 0 aromatic rings. The zero-order valence-electron chi connectivity index (χ0n) is 4.63. The van der Waals surface area contributed by atoms with Crippen LogP contribution in [-0.4, -0.2) is 44.3 Å². The van der Waals surface area contributed by atoms with E-state index in [9.17, 15) is 0 Å². The van der Waals surface area contributed by atoms with Crippen molar-refractivity contribution in [1.29, 1.82) is 0 Å². The summed E-state index contributed by atoms with van der Waals surface area (Å²) >= 11 is 0. The molecule has 0 aromatic carbocycles. The smallest absolute Gasteiger partial charge is 0.412 e. The van der Waals surface area contributed by atoms with Gasteiger partial charge in [-0.05, 0) is 0 Å². The molecule has 0 aliphatic heterocycles. The van der Waals surface area contributed by atoms with Crippen LogP contribution in [0.15, 0.2) is 0 Å². The molecule has 0 bridgehead atoms. The van der Waals surface area contributed by atoms with Crippen molar-refractivity contribution < 1.29 is 56.5 Å². The molecule has 0 aliphatic rings. The molecule has 7 nitrogen and oxygen atoms in total. The van der Waals surface area contributed by atoms with Crippen LogP contribution < -0.4 is 0 Å². The standard InChI is InChI=1S/BH3O3.4H2O.Zn/c2-1(3)4;;;;;/h2-4H;4*1H2;. The van der Waals surface area contributed by atoms with Crippen molar-refractivity contribution in [3.63, 3.8) is 0 Å². The monoisotopic (exact) mass is 198 g/mol. The molecule has 0 rings (SSSR count). The van der Waals surface area contributed by atoms with E-state index >= 15 is 0 Å². The Hall–Kier alpha value is 0.408. The summed E-state index contributed by atoms with van der Waals surface area (Å²) in [6.07, 6.45) is 0. The minimum absolute atomic E-state index is 0. The van der Waals surface area contributed by atoms with E-state index in [1.54, 1.807) is 0 Å². The molecule has 9 heteroatoms. The van der Waals surface area contributed by atoms with Gasteiger partial charge in [0.2, 0.25) is 0 Å². The van der Waals surface area contributed by atoms with Crippen LogP contribution in [0.2, 0.25) is 0 Å². The second kappa shape index (κ2) is 39.7. The van der Waals surface area contributed by atoms with E-state index < -0.39 is 7.32 Å². The predicted molar refractivity (Wildman–Crippen MR) is 26.9 cm³/mol. The van der Waals surface area contributed by atoms with Crippen LogP contribution in [0.25, 0.3) is 0 Å². The van der Waals surface area contributed by atoms with Gasteiger partial charge in [-0.2, -0.15) is 0 Å². The third-order valence-corrected chi connectivity index (χ3v) is 0. The maximum atomic E-state index is 7.17.